The van der Waals surface area contributed by atoms with Crippen LogP contribution < -0.4 is 29.6 Å². The zero-order valence-corrected chi connectivity index (χ0v) is 11.9. The van der Waals surface area contributed by atoms with Crippen molar-refractivity contribution in [2.45, 2.75) is 4.90 Å². The molecule has 0 aliphatic heterocycles. The fourth-order valence-electron chi connectivity index (χ4n) is 1.01. The van der Waals surface area contributed by atoms with Gasteiger partial charge >= 0.3 is 29.6 Å². The quantitative estimate of drug-likeness (QED) is 0.259. The monoisotopic (exact) mass is 268 g/mol. The van der Waals surface area contributed by atoms with Crippen molar-refractivity contribution in [3.63, 3.8) is 0 Å². The molecule has 8 heteroatoms. The molecule has 0 bridgehead atoms. The summed E-state index contributed by atoms with van der Waals surface area (Å²) >= 11 is 0. The molecule has 0 radical (unpaired) electrons. The molecule has 0 fully saturated rings. The number of carbonyl (C=O) groups is 1. The molecular formula is C9H9NaO6S. The van der Waals surface area contributed by atoms with Crippen LogP contribution in [0.4, 0.5) is 0 Å². The van der Waals surface area contributed by atoms with Crippen molar-refractivity contribution in [3.8, 4) is 0 Å². The van der Waals surface area contributed by atoms with E-state index < -0.39 is 21.0 Å². The Morgan fingerprint density at radius 2 is 2.12 bits per heavy atom. The summed E-state index contributed by atoms with van der Waals surface area (Å²) in [6.07, 6.45) is 0. The molecule has 1 aromatic rings. The van der Waals surface area contributed by atoms with Crippen LogP contribution >= 0.6 is 0 Å². The maximum absolute atomic E-state index is 11.3. The second-order valence-electron chi connectivity index (χ2n) is 2.75. The van der Waals surface area contributed by atoms with Gasteiger partial charge in [0.25, 0.3) is 16.1 Å². The van der Waals surface area contributed by atoms with Gasteiger partial charge < -0.3 is 9.84 Å². The van der Waals surface area contributed by atoms with Gasteiger partial charge in [0, 0.05) is 0 Å². The average Bonchev–Trinajstić information content (AvgIpc) is 2.24. The second kappa shape index (κ2) is 7.10. The number of rotatable bonds is 4. The van der Waals surface area contributed by atoms with E-state index in [2.05, 4.69) is 10.8 Å². The third kappa shape index (κ3) is 4.74. The molecule has 0 unspecified atom stereocenters. The Kier molecular flexibility index (Phi) is 6.91. The SMILES string of the molecule is O=C(OCCO)c1ccc[c-]c1S(=O)(=O)O.[Na+]. The predicted octanol–water partition coefficient (Wildman–Crippen LogP) is -3.11. The van der Waals surface area contributed by atoms with Crippen molar-refractivity contribution < 1.29 is 57.2 Å². The average molecular weight is 268 g/mol. The molecule has 0 saturated heterocycles. The van der Waals surface area contributed by atoms with Crippen LogP contribution in [0.3, 0.4) is 0 Å². The van der Waals surface area contributed by atoms with E-state index in [9.17, 15) is 13.2 Å². The molecule has 1 aromatic carbocycles. The number of ether oxygens (including phenoxy) is 1. The molecule has 2 N–H and O–H groups in total. The summed E-state index contributed by atoms with van der Waals surface area (Å²) in [4.78, 5) is 10.7. The number of hydrogen-bond acceptors (Lipinski definition) is 5. The Morgan fingerprint density at radius 3 is 2.65 bits per heavy atom. The molecule has 0 amide bonds. The third-order valence-corrected chi connectivity index (χ3v) is 2.47. The molecular weight excluding hydrogens is 259 g/mol. The Hall–Kier alpha value is -0.440. The molecule has 0 atom stereocenters. The van der Waals surface area contributed by atoms with E-state index >= 15 is 0 Å². The summed E-state index contributed by atoms with van der Waals surface area (Å²) < 4.78 is 35.2. The minimum atomic E-state index is -4.52. The van der Waals surface area contributed by atoms with Gasteiger partial charge in [-0.2, -0.15) is 32.7 Å². The summed E-state index contributed by atoms with van der Waals surface area (Å²) in [6, 6.07) is 6.03. The van der Waals surface area contributed by atoms with Gasteiger partial charge in [0.15, 0.2) is 0 Å². The summed E-state index contributed by atoms with van der Waals surface area (Å²) in [6.45, 7) is -0.623. The van der Waals surface area contributed by atoms with Crippen molar-refractivity contribution in [3.05, 3.63) is 29.8 Å². The Labute approximate surface area is 121 Å². The normalized spacial score (nSPS) is 10.5. The minimum absolute atomic E-state index is 0. The first kappa shape index (κ1) is 16.6. The van der Waals surface area contributed by atoms with Gasteiger partial charge in [-0.15, -0.1) is 0 Å². The molecule has 0 spiro atoms. The van der Waals surface area contributed by atoms with Crippen molar-refractivity contribution in [2.75, 3.05) is 13.2 Å². The number of esters is 1. The topological polar surface area (TPSA) is 101 Å². The zero-order chi connectivity index (χ0) is 12.2. The van der Waals surface area contributed by atoms with Gasteiger partial charge in [-0.05, 0) is 10.5 Å². The van der Waals surface area contributed by atoms with E-state index in [1.54, 1.807) is 0 Å². The molecule has 1 rings (SSSR count). The first-order valence-corrected chi connectivity index (χ1v) is 5.67. The number of benzene rings is 1. The molecule has 6 nitrogen and oxygen atoms in total. The van der Waals surface area contributed by atoms with Crippen LogP contribution in [0.1, 0.15) is 10.4 Å². The largest absolute Gasteiger partial charge is 1.00 e. The van der Waals surface area contributed by atoms with Crippen LogP contribution in [-0.2, 0) is 14.9 Å². The number of hydrogen-bond donors (Lipinski definition) is 2. The van der Waals surface area contributed by atoms with Crippen molar-refractivity contribution >= 4 is 16.1 Å². The standard InChI is InChI=1S/C9H9O6S.Na/c10-5-6-15-9(11)7-3-1-2-4-8(7)16(12,13)14;/h1-3,10H,5-6H2,(H,12,13,14);/q-1;+1. The Morgan fingerprint density at radius 1 is 1.47 bits per heavy atom. The van der Waals surface area contributed by atoms with Gasteiger partial charge in [0.05, 0.1) is 6.61 Å². The maximum Gasteiger partial charge on any atom is 1.00 e. The van der Waals surface area contributed by atoms with Crippen LogP contribution in [0.15, 0.2) is 23.1 Å². The maximum atomic E-state index is 11.3. The Bertz CT molecular complexity index is 484. The van der Waals surface area contributed by atoms with Gasteiger partial charge in [-0.1, -0.05) is 0 Å². The molecule has 0 aliphatic carbocycles. The van der Waals surface area contributed by atoms with E-state index in [4.69, 9.17) is 9.66 Å². The van der Waals surface area contributed by atoms with Crippen LogP contribution in [-0.4, -0.2) is 37.3 Å². The second-order valence-corrected chi connectivity index (χ2v) is 4.11. The first-order chi connectivity index (χ1) is 7.46. The van der Waals surface area contributed by atoms with E-state index in [1.165, 1.54) is 18.2 Å². The van der Waals surface area contributed by atoms with Crippen LogP contribution in [0.2, 0.25) is 0 Å². The molecule has 0 saturated carbocycles. The summed E-state index contributed by atoms with van der Waals surface area (Å²) in [7, 11) is -4.52. The summed E-state index contributed by atoms with van der Waals surface area (Å²) in [5.74, 6) is -0.946. The van der Waals surface area contributed by atoms with E-state index in [0.717, 1.165) is 0 Å². The van der Waals surface area contributed by atoms with Gasteiger partial charge in [-0.25, -0.2) is 0 Å². The molecule has 88 valence electrons. The van der Waals surface area contributed by atoms with Crippen LogP contribution in [0, 0.1) is 6.07 Å². The number of carbonyl (C=O) groups excluding carboxylic acids is 1. The molecule has 0 aromatic heterocycles. The van der Waals surface area contributed by atoms with Crippen LogP contribution in [0.5, 0.6) is 0 Å². The zero-order valence-electron chi connectivity index (χ0n) is 9.08. The number of aliphatic hydroxyl groups is 1. The van der Waals surface area contributed by atoms with Crippen LogP contribution in [0.25, 0.3) is 0 Å². The van der Waals surface area contributed by atoms with Crippen molar-refractivity contribution in [2.24, 2.45) is 0 Å². The molecule has 17 heavy (non-hydrogen) atoms. The first-order valence-electron chi connectivity index (χ1n) is 4.23. The predicted molar refractivity (Wildman–Crippen MR) is 52.5 cm³/mol. The van der Waals surface area contributed by atoms with E-state index in [1.807, 2.05) is 0 Å². The van der Waals surface area contributed by atoms with Gasteiger partial charge in [0.2, 0.25) is 0 Å². The van der Waals surface area contributed by atoms with Crippen molar-refractivity contribution in [1.82, 2.24) is 0 Å². The molecule has 0 aliphatic rings. The number of aliphatic hydroxyl groups excluding tert-OH is 1. The third-order valence-electron chi connectivity index (χ3n) is 1.62. The Balaban J connectivity index is 0.00000256. The molecule has 0 heterocycles. The minimum Gasteiger partial charge on any atom is -0.469 e. The van der Waals surface area contributed by atoms with Gasteiger partial charge in [-0.3, -0.25) is 9.35 Å². The van der Waals surface area contributed by atoms with E-state index in [-0.39, 0.29) is 48.3 Å². The van der Waals surface area contributed by atoms with Crippen molar-refractivity contribution in [1.29, 1.82) is 0 Å². The fraction of sp³-hybridized carbons (Fsp3) is 0.222. The van der Waals surface area contributed by atoms with Gasteiger partial charge in [0.1, 0.15) is 6.61 Å². The summed E-state index contributed by atoms with van der Waals surface area (Å²) in [5.41, 5.74) is -0.321. The smallest absolute Gasteiger partial charge is 0.469 e. The van der Waals surface area contributed by atoms with E-state index in [0.29, 0.717) is 0 Å². The summed E-state index contributed by atoms with van der Waals surface area (Å²) in [5, 5.41) is 8.44. The fourth-order valence-corrected chi connectivity index (χ4v) is 1.66.